The van der Waals surface area contributed by atoms with Crippen LogP contribution in [0.25, 0.3) is 0 Å². The fourth-order valence-electron chi connectivity index (χ4n) is 1.73. The normalized spacial score (nSPS) is 10.2. The van der Waals surface area contributed by atoms with Gasteiger partial charge in [-0.3, -0.25) is 4.98 Å². The predicted octanol–water partition coefficient (Wildman–Crippen LogP) is 2.25. The molecule has 0 aliphatic heterocycles. The number of rotatable bonds is 4. The van der Waals surface area contributed by atoms with E-state index < -0.39 is 5.97 Å². The minimum absolute atomic E-state index is 0.0184. The monoisotopic (exact) mass is 258 g/mol. The summed E-state index contributed by atoms with van der Waals surface area (Å²) in [6.45, 7) is 2.08. The highest BCUT2D eigenvalue weighted by molar-refractivity contribution is 5.96. The van der Waals surface area contributed by atoms with Gasteiger partial charge >= 0.3 is 5.97 Å². The maximum absolute atomic E-state index is 11.1. The summed E-state index contributed by atoms with van der Waals surface area (Å²) in [6.07, 6.45) is 0. The lowest BCUT2D eigenvalue weighted by molar-refractivity contribution is 0.0693. The van der Waals surface area contributed by atoms with Crippen LogP contribution in [0.4, 0.5) is 5.69 Å². The number of anilines is 1. The topological polar surface area (TPSA) is 85.4 Å². The fraction of sp³-hybridized carbons (Fsp3) is 0.143. The molecule has 5 heteroatoms. The number of nitrogens with two attached hydrogens (primary N) is 1. The molecule has 2 rings (SSSR count). The van der Waals surface area contributed by atoms with Gasteiger partial charge in [-0.05, 0) is 31.2 Å². The van der Waals surface area contributed by atoms with E-state index in [2.05, 4.69) is 4.98 Å². The van der Waals surface area contributed by atoms with Crippen LogP contribution in [0.3, 0.4) is 0 Å². The molecule has 0 saturated heterocycles. The maximum Gasteiger partial charge on any atom is 0.341 e. The Morgan fingerprint density at radius 2 is 2.05 bits per heavy atom. The number of nitrogens with zero attached hydrogens (tertiary/aromatic N) is 1. The van der Waals surface area contributed by atoms with E-state index in [-0.39, 0.29) is 23.6 Å². The van der Waals surface area contributed by atoms with Crippen molar-refractivity contribution < 1.29 is 14.6 Å². The summed E-state index contributed by atoms with van der Waals surface area (Å²) >= 11 is 0. The molecule has 0 amide bonds. The molecule has 0 unspecified atom stereocenters. The SMILES string of the molecule is Cc1cccc(COc2cccc(N)c2C(=O)O)n1. The van der Waals surface area contributed by atoms with Crippen LogP contribution in [0.5, 0.6) is 5.75 Å². The van der Waals surface area contributed by atoms with Gasteiger partial charge in [-0.1, -0.05) is 12.1 Å². The molecular weight excluding hydrogens is 244 g/mol. The van der Waals surface area contributed by atoms with Gasteiger partial charge in [-0.15, -0.1) is 0 Å². The third kappa shape index (κ3) is 3.01. The molecule has 0 fully saturated rings. The van der Waals surface area contributed by atoms with Gasteiger partial charge in [-0.2, -0.15) is 0 Å². The number of hydrogen-bond acceptors (Lipinski definition) is 4. The van der Waals surface area contributed by atoms with E-state index in [4.69, 9.17) is 15.6 Å². The molecule has 1 aromatic carbocycles. The van der Waals surface area contributed by atoms with Crippen LogP contribution in [0, 0.1) is 6.92 Å². The molecule has 1 heterocycles. The average Bonchev–Trinajstić information content (AvgIpc) is 2.36. The second-order valence-corrected chi connectivity index (χ2v) is 4.08. The van der Waals surface area contributed by atoms with Crippen LogP contribution >= 0.6 is 0 Å². The molecular formula is C14H14N2O3. The summed E-state index contributed by atoms with van der Waals surface area (Å²) in [5, 5.41) is 9.11. The highest BCUT2D eigenvalue weighted by Gasteiger charge is 2.14. The Labute approximate surface area is 110 Å². The smallest absolute Gasteiger partial charge is 0.341 e. The number of aromatic carboxylic acids is 1. The number of carboxylic acid groups (broad SMARTS) is 1. The Morgan fingerprint density at radius 1 is 1.32 bits per heavy atom. The first-order chi connectivity index (χ1) is 9.08. The minimum Gasteiger partial charge on any atom is -0.486 e. The lowest BCUT2D eigenvalue weighted by Gasteiger charge is -2.10. The molecule has 0 radical (unpaired) electrons. The molecule has 1 aromatic heterocycles. The third-order valence-electron chi connectivity index (χ3n) is 2.59. The Balaban J connectivity index is 2.20. The van der Waals surface area contributed by atoms with Crippen LogP contribution < -0.4 is 10.5 Å². The molecule has 2 aromatic rings. The van der Waals surface area contributed by atoms with Gasteiger partial charge in [0, 0.05) is 11.4 Å². The summed E-state index contributed by atoms with van der Waals surface area (Å²) in [6, 6.07) is 10.3. The molecule has 5 nitrogen and oxygen atoms in total. The largest absolute Gasteiger partial charge is 0.486 e. The molecule has 3 N–H and O–H groups in total. The quantitative estimate of drug-likeness (QED) is 0.821. The number of carbonyl (C=O) groups is 1. The van der Waals surface area contributed by atoms with Crippen molar-refractivity contribution in [2.75, 3.05) is 5.73 Å². The molecule has 0 saturated carbocycles. The van der Waals surface area contributed by atoms with Crippen LogP contribution in [-0.4, -0.2) is 16.1 Å². The van der Waals surface area contributed by atoms with Crippen molar-refractivity contribution in [1.29, 1.82) is 0 Å². The Morgan fingerprint density at radius 3 is 2.74 bits per heavy atom. The zero-order chi connectivity index (χ0) is 13.8. The van der Waals surface area contributed by atoms with Crippen LogP contribution in [0.2, 0.25) is 0 Å². The van der Waals surface area contributed by atoms with Crippen molar-refractivity contribution in [2.24, 2.45) is 0 Å². The van der Waals surface area contributed by atoms with Crippen LogP contribution in [0.15, 0.2) is 36.4 Å². The van der Waals surface area contributed by atoms with E-state index in [9.17, 15) is 4.79 Å². The van der Waals surface area contributed by atoms with Gasteiger partial charge in [0.1, 0.15) is 17.9 Å². The minimum atomic E-state index is -1.11. The molecule has 0 atom stereocenters. The molecule has 0 bridgehead atoms. The number of benzene rings is 1. The first-order valence-corrected chi connectivity index (χ1v) is 5.75. The summed E-state index contributed by atoms with van der Waals surface area (Å²) in [4.78, 5) is 15.4. The summed E-state index contributed by atoms with van der Waals surface area (Å²) < 4.78 is 5.50. The first-order valence-electron chi connectivity index (χ1n) is 5.75. The average molecular weight is 258 g/mol. The number of ether oxygens (including phenoxy) is 1. The Bertz CT molecular complexity index is 611. The lowest BCUT2D eigenvalue weighted by Crippen LogP contribution is -2.07. The van der Waals surface area contributed by atoms with E-state index in [1.54, 1.807) is 12.1 Å². The Hall–Kier alpha value is -2.56. The molecule has 0 aliphatic rings. The van der Waals surface area contributed by atoms with Crippen molar-refractivity contribution in [3.63, 3.8) is 0 Å². The van der Waals surface area contributed by atoms with Gasteiger partial charge in [-0.25, -0.2) is 4.79 Å². The number of carboxylic acids is 1. The fourth-order valence-corrected chi connectivity index (χ4v) is 1.73. The second kappa shape index (κ2) is 5.39. The van der Waals surface area contributed by atoms with Crippen molar-refractivity contribution >= 4 is 11.7 Å². The summed E-state index contributed by atoms with van der Waals surface area (Å²) in [7, 11) is 0. The zero-order valence-electron chi connectivity index (χ0n) is 10.5. The second-order valence-electron chi connectivity index (χ2n) is 4.08. The van der Waals surface area contributed by atoms with E-state index in [1.165, 1.54) is 6.07 Å². The number of aryl methyl sites for hydroxylation is 1. The molecule has 98 valence electrons. The maximum atomic E-state index is 11.1. The van der Waals surface area contributed by atoms with E-state index in [1.807, 2.05) is 25.1 Å². The highest BCUT2D eigenvalue weighted by atomic mass is 16.5. The van der Waals surface area contributed by atoms with Crippen molar-refractivity contribution in [1.82, 2.24) is 4.98 Å². The van der Waals surface area contributed by atoms with Gasteiger partial charge in [0.2, 0.25) is 0 Å². The molecule has 0 aliphatic carbocycles. The van der Waals surface area contributed by atoms with Crippen LogP contribution in [0.1, 0.15) is 21.7 Å². The number of aromatic nitrogens is 1. The molecule has 19 heavy (non-hydrogen) atoms. The number of pyridine rings is 1. The number of hydrogen-bond donors (Lipinski definition) is 2. The Kier molecular flexibility index (Phi) is 3.66. The van der Waals surface area contributed by atoms with Gasteiger partial charge in [0.05, 0.1) is 5.69 Å². The van der Waals surface area contributed by atoms with Crippen molar-refractivity contribution in [3.05, 3.63) is 53.3 Å². The summed E-state index contributed by atoms with van der Waals surface area (Å²) in [5.41, 5.74) is 7.42. The molecule has 0 spiro atoms. The van der Waals surface area contributed by atoms with Crippen molar-refractivity contribution in [2.45, 2.75) is 13.5 Å². The third-order valence-corrected chi connectivity index (χ3v) is 2.59. The predicted molar refractivity (Wildman–Crippen MR) is 71.1 cm³/mol. The van der Waals surface area contributed by atoms with Crippen LogP contribution in [-0.2, 0) is 6.61 Å². The van der Waals surface area contributed by atoms with Crippen molar-refractivity contribution in [3.8, 4) is 5.75 Å². The van der Waals surface area contributed by atoms with E-state index in [0.29, 0.717) is 0 Å². The van der Waals surface area contributed by atoms with Gasteiger partial charge in [0.25, 0.3) is 0 Å². The lowest BCUT2D eigenvalue weighted by atomic mass is 10.1. The number of nitrogen functional groups attached to an aromatic ring is 1. The standard InChI is InChI=1S/C14H14N2O3/c1-9-4-2-5-10(16-9)8-19-12-7-3-6-11(15)13(12)14(17)18/h2-7H,8,15H2,1H3,(H,17,18). The van der Waals surface area contributed by atoms with E-state index in [0.717, 1.165) is 11.4 Å². The first kappa shape index (κ1) is 12.9. The van der Waals surface area contributed by atoms with Gasteiger partial charge < -0.3 is 15.6 Å². The van der Waals surface area contributed by atoms with E-state index >= 15 is 0 Å². The summed E-state index contributed by atoms with van der Waals surface area (Å²) in [5.74, 6) is -0.860. The zero-order valence-corrected chi connectivity index (χ0v) is 10.5. The van der Waals surface area contributed by atoms with Gasteiger partial charge in [0.15, 0.2) is 0 Å². The highest BCUT2D eigenvalue weighted by Crippen LogP contribution is 2.25.